The quantitative estimate of drug-likeness (QED) is 0.262. The molecular weight excluding hydrogens is 558 g/mol. The standard InChI is InChI=1S/C35H61N3O6/c1-12-23(5)31(37(9)35(42)24(6)21(2)3)29(43-10)20-30(39)38-18-14-17-28(38)33(44-11)25(7)34(41)36-26(8)32(40)27-16-13-15-22(4)19-27/h13,16,19,21-26,28-29,31-33,40H,12,14-15,17-18,20H2,1-11H3,(H,36,41)/t22?,23-,24-,25+,26+,28-,29+,31?,32+,33+/m0/s1. The van der Waals surface area contributed by atoms with E-state index in [1.165, 1.54) is 0 Å². The minimum atomic E-state index is -0.811. The highest BCUT2D eigenvalue weighted by Crippen LogP contribution is 2.30. The highest BCUT2D eigenvalue weighted by molar-refractivity contribution is 5.81. The minimum Gasteiger partial charge on any atom is -0.386 e. The lowest BCUT2D eigenvalue weighted by atomic mass is 9.88. The fourth-order valence-corrected chi connectivity index (χ4v) is 6.70. The van der Waals surface area contributed by atoms with Crippen LogP contribution in [0.2, 0.25) is 0 Å². The van der Waals surface area contributed by atoms with Gasteiger partial charge < -0.3 is 29.7 Å². The van der Waals surface area contributed by atoms with Crippen LogP contribution in [0.1, 0.15) is 87.5 Å². The Morgan fingerprint density at radius 1 is 1.09 bits per heavy atom. The normalized spacial score (nSPS) is 24.1. The second-order valence-electron chi connectivity index (χ2n) is 13.6. The van der Waals surface area contributed by atoms with Gasteiger partial charge in [-0.05, 0) is 49.5 Å². The third-order valence-corrected chi connectivity index (χ3v) is 10.1. The largest absolute Gasteiger partial charge is 0.386 e. The first-order valence-electron chi connectivity index (χ1n) is 16.7. The van der Waals surface area contributed by atoms with Crippen molar-refractivity contribution in [2.45, 2.75) is 124 Å². The molecule has 252 valence electrons. The van der Waals surface area contributed by atoms with E-state index in [9.17, 15) is 19.5 Å². The Kier molecular flexibility index (Phi) is 15.1. The number of nitrogens with zero attached hydrogens (tertiary/aromatic N) is 2. The Labute approximate surface area is 266 Å². The number of ether oxygens (including phenoxy) is 2. The number of hydrogen-bond donors (Lipinski definition) is 2. The van der Waals surface area contributed by atoms with Crippen LogP contribution in [-0.2, 0) is 23.9 Å². The maximum absolute atomic E-state index is 13.9. The van der Waals surface area contributed by atoms with Crippen molar-refractivity contribution in [3.63, 3.8) is 0 Å². The summed E-state index contributed by atoms with van der Waals surface area (Å²) in [4.78, 5) is 44.3. The Morgan fingerprint density at radius 2 is 1.75 bits per heavy atom. The second-order valence-corrected chi connectivity index (χ2v) is 13.6. The molecule has 1 aliphatic heterocycles. The van der Waals surface area contributed by atoms with E-state index < -0.39 is 30.3 Å². The molecule has 0 aromatic rings. The summed E-state index contributed by atoms with van der Waals surface area (Å²) < 4.78 is 11.8. The fraction of sp³-hybridized carbons (Fsp3) is 0.800. The van der Waals surface area contributed by atoms with Gasteiger partial charge in [0.2, 0.25) is 17.7 Å². The van der Waals surface area contributed by atoms with Crippen molar-refractivity contribution in [3.05, 3.63) is 23.8 Å². The monoisotopic (exact) mass is 619 g/mol. The molecule has 9 heteroatoms. The van der Waals surface area contributed by atoms with Crippen LogP contribution in [0.5, 0.6) is 0 Å². The number of carbonyl (C=O) groups is 3. The topological polar surface area (TPSA) is 108 Å². The molecule has 1 fully saturated rings. The Bertz CT molecular complexity index is 1010. The van der Waals surface area contributed by atoms with Crippen LogP contribution in [0.25, 0.3) is 0 Å². The molecule has 0 saturated carbocycles. The van der Waals surface area contributed by atoms with E-state index in [0.29, 0.717) is 12.5 Å². The molecule has 2 rings (SSSR count). The summed E-state index contributed by atoms with van der Waals surface area (Å²) in [5.74, 6) is -0.226. The molecule has 44 heavy (non-hydrogen) atoms. The van der Waals surface area contributed by atoms with Crippen molar-refractivity contribution in [2.75, 3.05) is 27.8 Å². The van der Waals surface area contributed by atoms with E-state index in [1.54, 1.807) is 26.0 Å². The molecule has 1 heterocycles. The molecule has 3 amide bonds. The van der Waals surface area contributed by atoms with Gasteiger partial charge in [0.25, 0.3) is 0 Å². The highest BCUT2D eigenvalue weighted by Gasteiger charge is 2.42. The molecule has 1 aliphatic carbocycles. The number of likely N-dealkylation sites (tertiary alicyclic amines) is 1. The molecule has 0 bridgehead atoms. The Balaban J connectivity index is 2.17. The molecule has 2 N–H and O–H groups in total. The minimum absolute atomic E-state index is 0.0581. The van der Waals surface area contributed by atoms with Crippen LogP contribution in [0.3, 0.4) is 0 Å². The number of allylic oxidation sites excluding steroid dienone is 2. The van der Waals surface area contributed by atoms with Gasteiger partial charge in [0.1, 0.15) is 0 Å². The average molecular weight is 620 g/mol. The first-order chi connectivity index (χ1) is 20.7. The zero-order valence-corrected chi connectivity index (χ0v) is 29.2. The van der Waals surface area contributed by atoms with Crippen LogP contribution >= 0.6 is 0 Å². The summed E-state index contributed by atoms with van der Waals surface area (Å²) in [6.07, 6.45) is 7.69. The predicted molar refractivity (Wildman–Crippen MR) is 175 cm³/mol. The zero-order valence-electron chi connectivity index (χ0n) is 29.2. The number of nitrogens with one attached hydrogen (secondary N) is 1. The van der Waals surface area contributed by atoms with Gasteiger partial charge in [0, 0.05) is 33.7 Å². The van der Waals surface area contributed by atoms with Crippen molar-refractivity contribution in [1.82, 2.24) is 15.1 Å². The number of rotatable bonds is 16. The van der Waals surface area contributed by atoms with Crippen LogP contribution in [0.4, 0.5) is 0 Å². The van der Waals surface area contributed by atoms with Crippen molar-refractivity contribution >= 4 is 17.7 Å². The molecule has 9 nitrogen and oxygen atoms in total. The van der Waals surface area contributed by atoms with Gasteiger partial charge in [-0.25, -0.2) is 0 Å². The molecular formula is C35H61N3O6. The number of aliphatic hydroxyl groups is 1. The SMILES string of the molecule is CC[C@H](C)C([C@@H](CC(=O)N1CCC[C@H]1[C@H](OC)[C@@H](C)C(=O)N[C@H](C)[C@@H](O)C1=CC(C)CC=C1)OC)N(C)C(=O)[C@@H](C)C(C)C. The van der Waals surface area contributed by atoms with E-state index in [2.05, 4.69) is 26.1 Å². The maximum atomic E-state index is 13.9. The third kappa shape index (κ3) is 9.39. The third-order valence-electron chi connectivity index (χ3n) is 10.1. The number of likely N-dealkylation sites (N-methyl/N-ethyl adjacent to an activating group) is 1. The average Bonchev–Trinajstić information content (AvgIpc) is 3.48. The molecule has 0 spiro atoms. The van der Waals surface area contributed by atoms with Gasteiger partial charge >= 0.3 is 0 Å². The van der Waals surface area contributed by atoms with E-state index >= 15 is 0 Å². The van der Waals surface area contributed by atoms with Crippen LogP contribution in [0.15, 0.2) is 23.8 Å². The van der Waals surface area contributed by atoms with Crippen molar-refractivity contribution in [1.29, 1.82) is 0 Å². The fourth-order valence-electron chi connectivity index (χ4n) is 6.70. The van der Waals surface area contributed by atoms with Gasteiger partial charge in [-0.3, -0.25) is 14.4 Å². The van der Waals surface area contributed by atoms with E-state index in [4.69, 9.17) is 9.47 Å². The first kappa shape index (κ1) is 38.0. The van der Waals surface area contributed by atoms with Gasteiger partial charge in [0.05, 0.1) is 48.8 Å². The van der Waals surface area contributed by atoms with E-state index in [1.807, 2.05) is 57.9 Å². The lowest BCUT2D eigenvalue weighted by molar-refractivity contribution is -0.147. The van der Waals surface area contributed by atoms with Crippen molar-refractivity contribution in [2.24, 2.45) is 29.6 Å². The predicted octanol–water partition coefficient (Wildman–Crippen LogP) is 4.59. The summed E-state index contributed by atoms with van der Waals surface area (Å²) >= 11 is 0. The number of methoxy groups -OCH3 is 2. The van der Waals surface area contributed by atoms with Gasteiger partial charge in [0.15, 0.2) is 0 Å². The van der Waals surface area contributed by atoms with Gasteiger partial charge in [-0.2, -0.15) is 0 Å². The van der Waals surface area contributed by atoms with Crippen LogP contribution in [-0.4, -0.2) is 96.9 Å². The summed E-state index contributed by atoms with van der Waals surface area (Å²) in [5, 5.41) is 13.9. The molecule has 0 aromatic heterocycles. The molecule has 10 atom stereocenters. The highest BCUT2D eigenvalue weighted by atomic mass is 16.5. The smallest absolute Gasteiger partial charge is 0.225 e. The zero-order chi connectivity index (χ0) is 33.3. The van der Waals surface area contributed by atoms with Crippen LogP contribution < -0.4 is 5.32 Å². The molecule has 0 aromatic carbocycles. The number of carbonyl (C=O) groups excluding carboxylic acids is 3. The summed E-state index contributed by atoms with van der Waals surface area (Å²) in [6, 6.07) is -1.00. The Hall–Kier alpha value is -2.23. The van der Waals surface area contributed by atoms with Crippen LogP contribution in [0, 0.1) is 29.6 Å². The number of hydrogen-bond acceptors (Lipinski definition) is 6. The lowest BCUT2D eigenvalue weighted by Gasteiger charge is -2.40. The van der Waals surface area contributed by atoms with Crippen molar-refractivity contribution in [3.8, 4) is 0 Å². The lowest BCUT2D eigenvalue weighted by Crippen LogP contribution is -2.54. The second kappa shape index (κ2) is 17.5. The van der Waals surface area contributed by atoms with Gasteiger partial charge in [-0.1, -0.05) is 73.1 Å². The molecule has 2 unspecified atom stereocenters. The first-order valence-corrected chi connectivity index (χ1v) is 16.7. The summed E-state index contributed by atoms with van der Waals surface area (Å²) in [5.41, 5.74) is 0.814. The summed E-state index contributed by atoms with van der Waals surface area (Å²) in [6.45, 7) is 16.5. The summed E-state index contributed by atoms with van der Waals surface area (Å²) in [7, 11) is 5.02. The number of amides is 3. The molecule has 0 radical (unpaired) electrons. The number of aliphatic hydroxyl groups excluding tert-OH is 1. The maximum Gasteiger partial charge on any atom is 0.225 e. The van der Waals surface area contributed by atoms with Crippen molar-refractivity contribution < 1.29 is 29.0 Å². The van der Waals surface area contributed by atoms with E-state index in [0.717, 1.165) is 31.3 Å². The van der Waals surface area contributed by atoms with Gasteiger partial charge in [-0.15, -0.1) is 0 Å². The Morgan fingerprint density at radius 3 is 2.30 bits per heavy atom. The van der Waals surface area contributed by atoms with E-state index in [-0.39, 0.29) is 54.0 Å². The molecule has 2 aliphatic rings. The molecule has 1 saturated heterocycles.